The summed E-state index contributed by atoms with van der Waals surface area (Å²) in [5.41, 5.74) is 1.40. The van der Waals surface area contributed by atoms with E-state index in [9.17, 15) is 28.1 Å². The third kappa shape index (κ3) is 9.01. The average Bonchev–Trinajstić information content (AvgIpc) is 3.06. The molecule has 2 amide bonds. The highest BCUT2D eigenvalue weighted by molar-refractivity contribution is 9.10. The summed E-state index contributed by atoms with van der Waals surface area (Å²) in [5, 5.41) is 14.3. The van der Waals surface area contributed by atoms with Gasteiger partial charge in [-0.05, 0) is 53.9 Å². The highest BCUT2D eigenvalue weighted by atomic mass is 79.9. The lowest BCUT2D eigenvalue weighted by molar-refractivity contribution is -0.384. The van der Waals surface area contributed by atoms with Crippen molar-refractivity contribution in [1.29, 1.82) is 0 Å². The van der Waals surface area contributed by atoms with Crippen LogP contribution in [0.25, 0.3) is 0 Å². The molecule has 4 aromatic carbocycles. The molecule has 0 saturated carbocycles. The SMILES string of the molecule is CCCCNC(=O)C(Cc1ccccc1)N(Cc1cccc(Br)c1)C(=O)CN(c1ccc([N+](=O)[O-])cc1)S(=O)(=O)c1ccccc1. The average molecular weight is 708 g/mol. The number of hydrogen-bond acceptors (Lipinski definition) is 6. The van der Waals surface area contributed by atoms with Crippen molar-refractivity contribution in [2.24, 2.45) is 0 Å². The number of rotatable bonds is 15. The van der Waals surface area contributed by atoms with Crippen LogP contribution in [0.1, 0.15) is 30.9 Å². The zero-order valence-corrected chi connectivity index (χ0v) is 27.7. The van der Waals surface area contributed by atoms with E-state index in [0.29, 0.717) is 6.54 Å². The fourth-order valence-electron chi connectivity index (χ4n) is 4.88. The van der Waals surface area contributed by atoms with E-state index in [1.807, 2.05) is 61.5 Å². The molecule has 240 valence electrons. The lowest BCUT2D eigenvalue weighted by Crippen LogP contribution is -2.53. The van der Waals surface area contributed by atoms with Gasteiger partial charge in [0.2, 0.25) is 11.8 Å². The first-order valence-corrected chi connectivity index (χ1v) is 17.0. The van der Waals surface area contributed by atoms with E-state index in [-0.39, 0.29) is 35.1 Å². The topological polar surface area (TPSA) is 130 Å². The number of nitrogens with zero attached hydrogens (tertiary/aromatic N) is 3. The van der Waals surface area contributed by atoms with E-state index in [4.69, 9.17) is 0 Å². The number of amides is 2. The van der Waals surface area contributed by atoms with Gasteiger partial charge < -0.3 is 10.2 Å². The number of hydrogen-bond donors (Lipinski definition) is 1. The maximum atomic E-state index is 14.5. The number of anilines is 1. The van der Waals surface area contributed by atoms with Crippen LogP contribution in [0.15, 0.2) is 119 Å². The summed E-state index contributed by atoms with van der Waals surface area (Å²) < 4.78 is 29.7. The third-order valence-electron chi connectivity index (χ3n) is 7.30. The van der Waals surface area contributed by atoms with Crippen LogP contribution in [0.2, 0.25) is 0 Å². The molecule has 0 fully saturated rings. The molecule has 1 unspecified atom stereocenters. The largest absolute Gasteiger partial charge is 0.354 e. The second kappa shape index (κ2) is 16.1. The van der Waals surface area contributed by atoms with E-state index >= 15 is 0 Å². The standard InChI is InChI=1S/C34H35BrN4O6S/c1-2-3-21-36-34(41)32(23-26-11-6-4-7-12-26)37(24-27-13-10-14-28(35)22-27)33(40)25-38(29-17-19-30(20-18-29)39(42)43)46(44,45)31-15-8-5-9-16-31/h4-20,22,32H,2-3,21,23-25H2,1H3,(H,36,41). The Morgan fingerprint density at radius 2 is 1.52 bits per heavy atom. The van der Waals surface area contributed by atoms with Gasteiger partial charge in [-0.1, -0.05) is 89.9 Å². The molecule has 1 atom stereocenters. The molecule has 0 aromatic heterocycles. The van der Waals surface area contributed by atoms with Crippen LogP contribution in [0.5, 0.6) is 0 Å². The fraction of sp³-hybridized carbons (Fsp3) is 0.235. The minimum atomic E-state index is -4.31. The molecule has 4 rings (SSSR count). The van der Waals surface area contributed by atoms with Crippen LogP contribution >= 0.6 is 15.9 Å². The molecule has 0 aliphatic carbocycles. The summed E-state index contributed by atoms with van der Waals surface area (Å²) in [5.74, 6) is -0.974. The van der Waals surface area contributed by atoms with Crippen LogP contribution in [0.3, 0.4) is 0 Å². The second-order valence-corrected chi connectivity index (χ2v) is 13.4. The van der Waals surface area contributed by atoms with Crippen LogP contribution in [-0.2, 0) is 32.6 Å². The van der Waals surface area contributed by atoms with Crippen LogP contribution in [0.4, 0.5) is 11.4 Å². The van der Waals surface area contributed by atoms with Gasteiger partial charge in [0.1, 0.15) is 12.6 Å². The minimum absolute atomic E-state index is 0.0243. The fourth-order valence-corrected chi connectivity index (χ4v) is 6.76. The number of carbonyl (C=O) groups is 2. The molecular formula is C34H35BrN4O6S. The quantitative estimate of drug-likeness (QED) is 0.0902. The number of nitro groups is 1. The highest BCUT2D eigenvalue weighted by Gasteiger charge is 2.34. The van der Waals surface area contributed by atoms with Crippen molar-refractivity contribution in [3.05, 3.63) is 135 Å². The first kappa shape index (κ1) is 34.3. The number of non-ortho nitro benzene ring substituents is 1. The molecule has 0 aliphatic heterocycles. The van der Waals surface area contributed by atoms with Gasteiger partial charge in [-0.3, -0.25) is 24.0 Å². The molecule has 46 heavy (non-hydrogen) atoms. The van der Waals surface area contributed by atoms with E-state index in [0.717, 1.165) is 32.7 Å². The first-order valence-electron chi connectivity index (χ1n) is 14.8. The molecule has 0 saturated heterocycles. The number of benzene rings is 4. The molecule has 12 heteroatoms. The van der Waals surface area contributed by atoms with Gasteiger partial charge in [-0.25, -0.2) is 8.42 Å². The van der Waals surface area contributed by atoms with E-state index < -0.39 is 33.4 Å². The van der Waals surface area contributed by atoms with Gasteiger partial charge in [-0.15, -0.1) is 0 Å². The van der Waals surface area contributed by atoms with Crippen LogP contribution in [-0.4, -0.2) is 49.2 Å². The van der Waals surface area contributed by atoms with Crippen molar-refractivity contribution < 1.29 is 22.9 Å². The highest BCUT2D eigenvalue weighted by Crippen LogP contribution is 2.27. The predicted molar refractivity (Wildman–Crippen MR) is 181 cm³/mol. The molecule has 0 radical (unpaired) electrons. The smallest absolute Gasteiger partial charge is 0.269 e. The summed E-state index contributed by atoms with van der Waals surface area (Å²) >= 11 is 3.47. The van der Waals surface area contributed by atoms with Crippen LogP contribution < -0.4 is 9.62 Å². The Kier molecular flexibility index (Phi) is 12.0. The van der Waals surface area contributed by atoms with E-state index in [2.05, 4.69) is 21.2 Å². The van der Waals surface area contributed by atoms with Gasteiger partial charge in [0, 0.05) is 36.1 Å². The van der Waals surface area contributed by atoms with Crippen molar-refractivity contribution in [1.82, 2.24) is 10.2 Å². The molecular weight excluding hydrogens is 672 g/mol. The Morgan fingerprint density at radius 3 is 2.13 bits per heavy atom. The Hall–Kier alpha value is -4.55. The van der Waals surface area contributed by atoms with Gasteiger partial charge >= 0.3 is 0 Å². The molecule has 1 N–H and O–H groups in total. The maximum Gasteiger partial charge on any atom is 0.269 e. The van der Waals surface area contributed by atoms with Gasteiger partial charge in [0.15, 0.2) is 0 Å². The lowest BCUT2D eigenvalue weighted by Gasteiger charge is -2.34. The lowest BCUT2D eigenvalue weighted by atomic mass is 10.0. The van der Waals surface area contributed by atoms with Gasteiger partial charge in [-0.2, -0.15) is 0 Å². The number of carbonyl (C=O) groups excluding carboxylic acids is 2. The minimum Gasteiger partial charge on any atom is -0.354 e. The molecule has 0 spiro atoms. The summed E-state index contributed by atoms with van der Waals surface area (Å²) in [6, 6.07) is 28.3. The van der Waals surface area contributed by atoms with Crippen LogP contribution in [0, 0.1) is 10.1 Å². The van der Waals surface area contributed by atoms with Crippen molar-refractivity contribution in [3.63, 3.8) is 0 Å². The molecule has 0 bridgehead atoms. The maximum absolute atomic E-state index is 14.5. The Labute approximate surface area is 277 Å². The summed E-state index contributed by atoms with van der Waals surface area (Å²) in [6.45, 7) is 1.81. The normalized spacial score (nSPS) is 11.8. The Bertz CT molecular complexity index is 1740. The predicted octanol–water partition coefficient (Wildman–Crippen LogP) is 6.11. The molecule has 10 nitrogen and oxygen atoms in total. The number of unbranched alkanes of at least 4 members (excludes halogenated alkanes) is 1. The zero-order valence-electron chi connectivity index (χ0n) is 25.3. The van der Waals surface area contributed by atoms with Gasteiger partial charge in [0.25, 0.3) is 15.7 Å². The summed E-state index contributed by atoms with van der Waals surface area (Å²) in [7, 11) is -4.31. The number of nitrogens with one attached hydrogen (secondary N) is 1. The first-order chi connectivity index (χ1) is 22.1. The molecule has 0 heterocycles. The molecule has 4 aromatic rings. The number of nitro benzene ring substituents is 1. The van der Waals surface area contributed by atoms with Crippen molar-refractivity contribution >= 4 is 49.1 Å². The molecule has 0 aliphatic rings. The second-order valence-electron chi connectivity index (χ2n) is 10.6. The zero-order chi connectivity index (χ0) is 33.1. The van der Waals surface area contributed by atoms with Crippen molar-refractivity contribution in [2.45, 2.75) is 43.7 Å². The number of sulfonamides is 1. The van der Waals surface area contributed by atoms with Gasteiger partial charge in [0.05, 0.1) is 15.5 Å². The van der Waals surface area contributed by atoms with E-state index in [1.165, 1.54) is 41.3 Å². The van der Waals surface area contributed by atoms with Crippen molar-refractivity contribution in [2.75, 3.05) is 17.4 Å². The summed E-state index contributed by atoms with van der Waals surface area (Å²) in [4.78, 5) is 40.3. The van der Waals surface area contributed by atoms with E-state index in [1.54, 1.807) is 18.2 Å². The third-order valence-corrected chi connectivity index (χ3v) is 9.58. The Balaban J connectivity index is 1.79. The summed E-state index contributed by atoms with van der Waals surface area (Å²) in [6.07, 6.45) is 1.82. The van der Waals surface area contributed by atoms with Crippen molar-refractivity contribution in [3.8, 4) is 0 Å². The Morgan fingerprint density at radius 1 is 0.891 bits per heavy atom. The number of halogens is 1. The monoisotopic (exact) mass is 706 g/mol.